The molecule has 2 N–H and O–H groups in total. The van der Waals surface area contributed by atoms with E-state index < -0.39 is 0 Å². The zero-order valence-corrected chi connectivity index (χ0v) is 8.71. The fourth-order valence-electron chi connectivity index (χ4n) is 1.34. The fraction of sp³-hybridized carbons (Fsp3) is 0.727. The summed E-state index contributed by atoms with van der Waals surface area (Å²) in [5.74, 6) is 0.326. The number of unbranched alkanes of at least 4 members (excludes halogenated alkanes) is 3. The Morgan fingerprint density at radius 2 is 2.15 bits per heavy atom. The molecule has 0 saturated heterocycles. The summed E-state index contributed by atoms with van der Waals surface area (Å²) < 4.78 is 0. The lowest BCUT2D eigenvalue weighted by Gasteiger charge is -2.08. The van der Waals surface area contributed by atoms with E-state index in [-0.39, 0.29) is 0 Å². The van der Waals surface area contributed by atoms with E-state index in [0.29, 0.717) is 5.92 Å². The molecule has 0 saturated carbocycles. The Morgan fingerprint density at radius 1 is 1.46 bits per heavy atom. The zero-order chi connectivity index (χ0) is 10.1. The molecule has 1 atom stereocenters. The average molecular weight is 180 g/mol. The van der Waals surface area contributed by atoms with Gasteiger partial charge in [-0.3, -0.25) is 0 Å². The highest BCUT2D eigenvalue weighted by atomic mass is 14.5. The summed E-state index contributed by atoms with van der Waals surface area (Å²) in [6.45, 7) is 4.26. The summed E-state index contributed by atoms with van der Waals surface area (Å²) in [5.41, 5.74) is 6.05. The van der Waals surface area contributed by atoms with Crippen molar-refractivity contribution in [1.29, 1.82) is 5.26 Å². The monoisotopic (exact) mass is 180 g/mol. The molecule has 2 heteroatoms. The van der Waals surface area contributed by atoms with Crippen LogP contribution in [0.1, 0.15) is 46.0 Å². The van der Waals surface area contributed by atoms with Crippen molar-refractivity contribution in [2.75, 3.05) is 0 Å². The zero-order valence-electron chi connectivity index (χ0n) is 8.71. The molecule has 0 bridgehead atoms. The Kier molecular flexibility index (Phi) is 7.10. The lowest BCUT2D eigenvalue weighted by atomic mass is 9.96. The number of rotatable bonds is 6. The van der Waals surface area contributed by atoms with Gasteiger partial charge in [0.1, 0.15) is 0 Å². The first-order chi connectivity index (χ1) is 6.26. The first-order valence-electron chi connectivity index (χ1n) is 5.08. The van der Waals surface area contributed by atoms with E-state index in [1.807, 2.05) is 0 Å². The van der Waals surface area contributed by atoms with Crippen molar-refractivity contribution in [3.63, 3.8) is 0 Å². The molecule has 2 nitrogen and oxygen atoms in total. The van der Waals surface area contributed by atoms with Crippen LogP contribution in [0, 0.1) is 17.2 Å². The molecule has 13 heavy (non-hydrogen) atoms. The van der Waals surface area contributed by atoms with E-state index >= 15 is 0 Å². The number of nitrogens with zero attached hydrogens (tertiary/aromatic N) is 1. The van der Waals surface area contributed by atoms with Crippen molar-refractivity contribution in [3.05, 3.63) is 11.8 Å². The molecule has 0 heterocycles. The number of nitriles is 1. The number of allylic oxidation sites excluding steroid dienone is 1. The van der Waals surface area contributed by atoms with Gasteiger partial charge < -0.3 is 5.73 Å². The number of hydrogen-bond donors (Lipinski definition) is 1. The molecule has 0 amide bonds. The summed E-state index contributed by atoms with van der Waals surface area (Å²) >= 11 is 0. The van der Waals surface area contributed by atoms with E-state index in [4.69, 9.17) is 11.0 Å². The highest BCUT2D eigenvalue weighted by Crippen LogP contribution is 2.16. The maximum atomic E-state index is 8.70. The van der Waals surface area contributed by atoms with Gasteiger partial charge in [-0.2, -0.15) is 5.26 Å². The topological polar surface area (TPSA) is 49.8 Å². The summed E-state index contributed by atoms with van der Waals surface area (Å²) in [6, 6.07) is 2.13. The SMILES string of the molecule is CCCCCCC(C)C(C#N)=CN. The van der Waals surface area contributed by atoms with Gasteiger partial charge in [0.2, 0.25) is 0 Å². The number of nitrogens with two attached hydrogens (primary N) is 1. The Labute approximate surface area is 81.4 Å². The second-order valence-electron chi connectivity index (χ2n) is 3.48. The Morgan fingerprint density at radius 3 is 2.62 bits per heavy atom. The van der Waals surface area contributed by atoms with Gasteiger partial charge in [-0.15, -0.1) is 0 Å². The lowest BCUT2D eigenvalue weighted by molar-refractivity contribution is 0.549. The summed E-state index contributed by atoms with van der Waals surface area (Å²) in [4.78, 5) is 0. The van der Waals surface area contributed by atoms with E-state index in [1.54, 1.807) is 0 Å². The summed E-state index contributed by atoms with van der Waals surface area (Å²) in [5, 5.41) is 8.70. The van der Waals surface area contributed by atoms with E-state index in [2.05, 4.69) is 19.9 Å². The van der Waals surface area contributed by atoms with Crippen molar-refractivity contribution >= 4 is 0 Å². The van der Waals surface area contributed by atoms with Crippen molar-refractivity contribution in [3.8, 4) is 6.07 Å². The largest absolute Gasteiger partial charge is 0.404 e. The second kappa shape index (κ2) is 7.67. The van der Waals surface area contributed by atoms with Crippen LogP contribution < -0.4 is 5.73 Å². The minimum atomic E-state index is 0.326. The van der Waals surface area contributed by atoms with Gasteiger partial charge >= 0.3 is 0 Å². The molecular formula is C11H20N2. The third-order valence-electron chi connectivity index (χ3n) is 2.33. The second-order valence-corrected chi connectivity index (χ2v) is 3.48. The average Bonchev–Trinajstić information content (AvgIpc) is 2.14. The minimum Gasteiger partial charge on any atom is -0.404 e. The van der Waals surface area contributed by atoms with Gasteiger partial charge in [0.05, 0.1) is 6.07 Å². The molecular weight excluding hydrogens is 160 g/mol. The molecule has 0 aromatic heterocycles. The minimum absolute atomic E-state index is 0.326. The third kappa shape index (κ3) is 5.30. The fourth-order valence-corrected chi connectivity index (χ4v) is 1.34. The smallest absolute Gasteiger partial charge is 0.0965 e. The van der Waals surface area contributed by atoms with E-state index in [9.17, 15) is 0 Å². The summed E-state index contributed by atoms with van der Waals surface area (Å²) in [7, 11) is 0. The molecule has 0 aromatic carbocycles. The van der Waals surface area contributed by atoms with E-state index in [1.165, 1.54) is 31.9 Å². The van der Waals surface area contributed by atoms with Crippen LogP contribution in [-0.4, -0.2) is 0 Å². The van der Waals surface area contributed by atoms with Crippen LogP contribution in [0.2, 0.25) is 0 Å². The van der Waals surface area contributed by atoms with Gasteiger partial charge in [0, 0.05) is 11.8 Å². The first-order valence-corrected chi connectivity index (χ1v) is 5.08. The van der Waals surface area contributed by atoms with Gasteiger partial charge in [-0.1, -0.05) is 39.5 Å². The van der Waals surface area contributed by atoms with Crippen LogP contribution in [0.5, 0.6) is 0 Å². The van der Waals surface area contributed by atoms with Crippen LogP contribution >= 0.6 is 0 Å². The van der Waals surface area contributed by atoms with E-state index in [0.717, 1.165) is 12.0 Å². The van der Waals surface area contributed by atoms with Gasteiger partial charge in [-0.25, -0.2) is 0 Å². The first kappa shape index (κ1) is 12.0. The summed E-state index contributed by atoms with van der Waals surface area (Å²) in [6.07, 6.45) is 7.53. The van der Waals surface area contributed by atoms with Crippen LogP contribution in [0.15, 0.2) is 11.8 Å². The van der Waals surface area contributed by atoms with Crippen molar-refractivity contribution in [2.45, 2.75) is 46.0 Å². The Balaban J connectivity index is 3.63. The molecule has 0 rings (SSSR count). The van der Waals surface area contributed by atoms with Crippen molar-refractivity contribution in [2.24, 2.45) is 11.7 Å². The van der Waals surface area contributed by atoms with Crippen LogP contribution in [0.25, 0.3) is 0 Å². The maximum absolute atomic E-state index is 8.70. The molecule has 0 fully saturated rings. The van der Waals surface area contributed by atoms with Gasteiger partial charge in [0.25, 0.3) is 0 Å². The van der Waals surface area contributed by atoms with Gasteiger partial charge in [-0.05, 0) is 12.3 Å². The van der Waals surface area contributed by atoms with Crippen molar-refractivity contribution < 1.29 is 0 Å². The van der Waals surface area contributed by atoms with Crippen molar-refractivity contribution in [1.82, 2.24) is 0 Å². The van der Waals surface area contributed by atoms with Crippen LogP contribution in [0.4, 0.5) is 0 Å². The van der Waals surface area contributed by atoms with Crippen LogP contribution in [-0.2, 0) is 0 Å². The molecule has 0 radical (unpaired) electrons. The van der Waals surface area contributed by atoms with Gasteiger partial charge in [0.15, 0.2) is 0 Å². The number of hydrogen-bond acceptors (Lipinski definition) is 2. The predicted octanol–water partition coefficient (Wildman–Crippen LogP) is 2.96. The molecule has 0 aliphatic rings. The highest BCUT2D eigenvalue weighted by molar-refractivity contribution is 5.21. The lowest BCUT2D eigenvalue weighted by Crippen LogP contribution is -2.00. The molecule has 0 spiro atoms. The molecule has 0 aliphatic heterocycles. The quantitative estimate of drug-likeness (QED) is 0.504. The van der Waals surface area contributed by atoms with Crippen LogP contribution in [0.3, 0.4) is 0 Å². The molecule has 0 aliphatic carbocycles. The Hall–Kier alpha value is -0.970. The predicted molar refractivity (Wildman–Crippen MR) is 55.8 cm³/mol. The molecule has 1 unspecified atom stereocenters. The molecule has 74 valence electrons. The highest BCUT2D eigenvalue weighted by Gasteiger charge is 2.06. The Bertz CT molecular complexity index is 189. The maximum Gasteiger partial charge on any atom is 0.0965 e. The molecule has 0 aromatic rings. The standard InChI is InChI=1S/C11H20N2/c1-3-4-5-6-7-10(2)11(8-12)9-13/h8,10H,3-7,12H2,1-2H3. The third-order valence-corrected chi connectivity index (χ3v) is 2.33. The normalized spacial score (nSPS) is 13.8.